The highest BCUT2D eigenvalue weighted by molar-refractivity contribution is 7.88. The highest BCUT2D eigenvalue weighted by Gasteiger charge is 2.61. The molecule has 0 radical (unpaired) electrons. The lowest BCUT2D eigenvalue weighted by atomic mass is 9.91. The van der Waals surface area contributed by atoms with Crippen molar-refractivity contribution >= 4 is 33.9 Å². The molecule has 4 rings (SSSR count). The van der Waals surface area contributed by atoms with Crippen molar-refractivity contribution in [3.63, 3.8) is 0 Å². The van der Waals surface area contributed by atoms with Gasteiger partial charge in [-0.2, -0.15) is 13.1 Å². The van der Waals surface area contributed by atoms with Gasteiger partial charge >= 0.3 is 16.3 Å². The third kappa shape index (κ3) is 8.05. The maximum Gasteiger partial charge on any atom is 0.408 e. The van der Waals surface area contributed by atoms with Crippen molar-refractivity contribution < 1.29 is 32.3 Å². The molecule has 0 bridgehead atoms. The Kier molecular flexibility index (Phi) is 9.28. The van der Waals surface area contributed by atoms with Crippen molar-refractivity contribution in [2.24, 2.45) is 17.3 Å². The minimum Gasteiger partial charge on any atom is -0.444 e. The van der Waals surface area contributed by atoms with E-state index in [1.165, 1.54) is 4.90 Å². The smallest absolute Gasteiger partial charge is 0.408 e. The summed E-state index contributed by atoms with van der Waals surface area (Å²) in [6.07, 6.45) is 10.1. The molecule has 0 aromatic carbocycles. The monoisotopic (exact) mass is 580 g/mol. The summed E-state index contributed by atoms with van der Waals surface area (Å²) in [5, 5.41) is 2.72. The highest BCUT2D eigenvalue weighted by Crippen LogP contribution is 2.57. The van der Waals surface area contributed by atoms with Crippen molar-refractivity contribution in [2.45, 2.75) is 109 Å². The Balaban J connectivity index is 1.51. The van der Waals surface area contributed by atoms with Crippen LogP contribution in [0.1, 0.15) is 91.4 Å². The van der Waals surface area contributed by atoms with E-state index in [0.29, 0.717) is 44.6 Å². The standard InChI is InChI=1S/C28H44N4O7S/c1-27(2,3)39-26(36)30-21-11-8-6-4-5-7-10-20-16-28(20,17-23(33)22-12-9-15-32(22)24(21)34)25(35)31-40(37,38)29-18-19-13-14-19/h7,10,19-22,29H,4-6,8-9,11-18H2,1-3H3,(H,30,36)(H,31,35)/b10-7-/t20-,21+,22+,28-/m1/s1. The molecule has 2 aliphatic carbocycles. The fraction of sp³-hybridized carbons (Fsp3) is 0.786. The average molecular weight is 581 g/mol. The Morgan fingerprint density at radius 3 is 2.52 bits per heavy atom. The summed E-state index contributed by atoms with van der Waals surface area (Å²) in [7, 11) is -4.04. The molecule has 224 valence electrons. The van der Waals surface area contributed by atoms with Gasteiger partial charge in [0.25, 0.3) is 0 Å². The molecule has 3 N–H and O–H groups in total. The molecule has 2 aliphatic heterocycles. The van der Waals surface area contributed by atoms with Crippen molar-refractivity contribution in [3.8, 4) is 0 Å². The van der Waals surface area contributed by atoms with Gasteiger partial charge in [-0.3, -0.25) is 14.4 Å². The third-order valence-corrected chi connectivity index (χ3v) is 9.19. The predicted octanol–water partition coefficient (Wildman–Crippen LogP) is 2.72. The summed E-state index contributed by atoms with van der Waals surface area (Å²) >= 11 is 0. The van der Waals surface area contributed by atoms with Crippen LogP contribution in [0.15, 0.2) is 12.2 Å². The van der Waals surface area contributed by atoms with Gasteiger partial charge in [0.1, 0.15) is 11.6 Å². The molecule has 3 fully saturated rings. The summed E-state index contributed by atoms with van der Waals surface area (Å²) in [5.74, 6) is -1.20. The fourth-order valence-electron chi connectivity index (χ4n) is 5.69. The lowest BCUT2D eigenvalue weighted by Gasteiger charge is -2.30. The van der Waals surface area contributed by atoms with Crippen LogP contribution in [0.5, 0.6) is 0 Å². The minimum absolute atomic E-state index is 0.148. The van der Waals surface area contributed by atoms with E-state index < -0.39 is 45.3 Å². The van der Waals surface area contributed by atoms with Gasteiger partial charge in [0.15, 0.2) is 5.78 Å². The Labute approximate surface area is 237 Å². The van der Waals surface area contributed by atoms with Crippen LogP contribution in [0, 0.1) is 17.3 Å². The lowest BCUT2D eigenvalue weighted by Crippen LogP contribution is -2.53. The summed E-state index contributed by atoms with van der Waals surface area (Å²) < 4.78 is 35.1. The minimum atomic E-state index is -4.04. The van der Waals surface area contributed by atoms with Crippen LogP contribution >= 0.6 is 0 Å². The van der Waals surface area contributed by atoms with Crippen molar-refractivity contribution in [2.75, 3.05) is 13.1 Å². The third-order valence-electron chi connectivity index (χ3n) is 8.19. The Morgan fingerprint density at radius 1 is 1.07 bits per heavy atom. The molecule has 2 saturated carbocycles. The van der Waals surface area contributed by atoms with E-state index in [9.17, 15) is 27.6 Å². The highest BCUT2D eigenvalue weighted by atomic mass is 32.2. The summed E-state index contributed by atoms with van der Waals surface area (Å²) in [6.45, 7) is 5.91. The number of rotatable bonds is 6. The van der Waals surface area contributed by atoms with Crippen LogP contribution in [-0.4, -0.2) is 67.8 Å². The van der Waals surface area contributed by atoms with Gasteiger partial charge in [-0.1, -0.05) is 25.0 Å². The number of ether oxygens (including phenoxy) is 1. The van der Waals surface area contributed by atoms with Gasteiger partial charge in [0.2, 0.25) is 11.8 Å². The summed E-state index contributed by atoms with van der Waals surface area (Å²) in [4.78, 5) is 54.7. The van der Waals surface area contributed by atoms with Crippen molar-refractivity contribution in [1.29, 1.82) is 0 Å². The number of carbonyl (C=O) groups excluding carboxylic acids is 4. The normalized spacial score (nSPS) is 30.8. The van der Waals surface area contributed by atoms with E-state index in [0.717, 1.165) is 32.1 Å². The molecular formula is C28H44N4O7S. The van der Waals surface area contributed by atoms with Crippen LogP contribution in [0.4, 0.5) is 4.79 Å². The molecule has 4 atom stereocenters. The second-order valence-corrected chi connectivity index (χ2v) is 14.3. The predicted molar refractivity (Wildman–Crippen MR) is 148 cm³/mol. The largest absolute Gasteiger partial charge is 0.444 e. The van der Waals surface area contributed by atoms with Crippen LogP contribution in [0.2, 0.25) is 0 Å². The Hall–Kier alpha value is -2.47. The maximum absolute atomic E-state index is 13.7. The second kappa shape index (κ2) is 12.2. The molecule has 3 amide bonds. The lowest BCUT2D eigenvalue weighted by molar-refractivity contribution is -0.140. The van der Waals surface area contributed by atoms with Crippen LogP contribution in [-0.2, 0) is 29.3 Å². The van der Waals surface area contributed by atoms with Crippen LogP contribution in [0.3, 0.4) is 0 Å². The number of hydrogen-bond donors (Lipinski definition) is 3. The molecule has 0 aromatic heterocycles. The zero-order valence-electron chi connectivity index (χ0n) is 23.9. The van der Waals surface area contributed by atoms with Crippen LogP contribution in [0.25, 0.3) is 0 Å². The zero-order valence-corrected chi connectivity index (χ0v) is 24.7. The number of carbonyl (C=O) groups is 4. The number of nitrogens with zero attached hydrogens (tertiary/aromatic N) is 1. The first kappa shape index (κ1) is 30.5. The molecule has 1 saturated heterocycles. The van der Waals surface area contributed by atoms with E-state index in [1.807, 2.05) is 12.2 Å². The molecule has 0 aromatic rings. The van der Waals surface area contributed by atoms with E-state index >= 15 is 0 Å². The number of hydrogen-bond acceptors (Lipinski definition) is 7. The molecule has 0 unspecified atom stereocenters. The van der Waals surface area contributed by atoms with E-state index in [2.05, 4.69) is 14.8 Å². The van der Waals surface area contributed by atoms with Gasteiger partial charge < -0.3 is 15.0 Å². The van der Waals surface area contributed by atoms with E-state index in [-0.39, 0.29) is 30.6 Å². The molecule has 12 heteroatoms. The second-order valence-electron chi connectivity index (χ2n) is 12.8. The number of amides is 3. The van der Waals surface area contributed by atoms with Crippen molar-refractivity contribution in [1.82, 2.24) is 19.7 Å². The van der Waals surface area contributed by atoms with E-state index in [1.54, 1.807) is 20.8 Å². The summed E-state index contributed by atoms with van der Waals surface area (Å²) in [6, 6.07) is -1.54. The average Bonchev–Trinajstić information content (AvgIpc) is 3.75. The zero-order chi connectivity index (χ0) is 29.1. The molecular weight excluding hydrogens is 536 g/mol. The topological polar surface area (TPSA) is 151 Å². The van der Waals surface area contributed by atoms with Gasteiger partial charge in [0, 0.05) is 19.5 Å². The fourth-order valence-corrected chi connectivity index (χ4v) is 6.66. The number of fused-ring (bicyclic) bond motifs is 2. The molecule has 11 nitrogen and oxygen atoms in total. The number of allylic oxidation sites excluding steroid dienone is 2. The molecule has 2 heterocycles. The van der Waals surface area contributed by atoms with Gasteiger partial charge in [-0.15, -0.1) is 0 Å². The van der Waals surface area contributed by atoms with Gasteiger partial charge in [-0.25, -0.2) is 9.52 Å². The van der Waals surface area contributed by atoms with Crippen molar-refractivity contribution in [3.05, 3.63) is 12.2 Å². The first-order valence-corrected chi connectivity index (χ1v) is 16.1. The van der Waals surface area contributed by atoms with E-state index in [4.69, 9.17) is 4.74 Å². The van der Waals surface area contributed by atoms with Crippen LogP contribution < -0.4 is 14.8 Å². The SMILES string of the molecule is CC(C)(C)OC(=O)N[C@H]1CCCCC/C=C\[C@@H]2C[C@@]2(C(=O)NS(=O)(=O)NCC2CC2)CC(=O)[C@@H]2CCCN2C1=O. The number of Topliss-reactive ketones (excluding diaryl/α,β-unsaturated/α-hetero) is 1. The first-order valence-electron chi connectivity index (χ1n) is 14.6. The Bertz CT molecular complexity index is 1130. The number of ketones is 1. The molecule has 40 heavy (non-hydrogen) atoms. The number of nitrogens with one attached hydrogen (secondary N) is 3. The molecule has 4 aliphatic rings. The molecule has 0 spiro atoms. The van der Waals surface area contributed by atoms with Gasteiger partial charge in [-0.05, 0) is 84.0 Å². The maximum atomic E-state index is 13.7. The van der Waals surface area contributed by atoms with Gasteiger partial charge in [0.05, 0.1) is 11.5 Å². The number of alkyl carbamates (subject to hydrolysis) is 1. The first-order chi connectivity index (χ1) is 18.8. The Morgan fingerprint density at radius 2 is 1.82 bits per heavy atom. The quantitative estimate of drug-likeness (QED) is 0.409. The summed E-state index contributed by atoms with van der Waals surface area (Å²) in [5.41, 5.74) is -1.88.